The molecule has 0 spiro atoms. The van der Waals surface area contributed by atoms with Gasteiger partial charge in [-0.2, -0.15) is 0 Å². The average Bonchev–Trinajstić information content (AvgIpc) is 2.84. The highest BCUT2D eigenvalue weighted by Gasteiger charge is 2.50. The quantitative estimate of drug-likeness (QED) is 0.667. The number of amides is 4. The molecular formula is C25H31N5O4. The molecule has 2 aromatic carbocycles. The van der Waals surface area contributed by atoms with E-state index in [1.807, 2.05) is 60.7 Å². The largest absolute Gasteiger partial charge is 0.383 e. The van der Waals surface area contributed by atoms with Crippen LogP contribution in [0.4, 0.5) is 4.79 Å². The number of hydrogen-bond acceptors (Lipinski definition) is 5. The predicted octanol–water partition coefficient (Wildman–Crippen LogP) is 1.31. The number of urea groups is 1. The molecule has 4 amide bonds. The summed E-state index contributed by atoms with van der Waals surface area (Å²) in [5.41, 5.74) is 1.94. The van der Waals surface area contributed by atoms with Gasteiger partial charge in [-0.05, 0) is 11.1 Å². The molecule has 1 N–H and O–H groups in total. The van der Waals surface area contributed by atoms with E-state index in [1.54, 1.807) is 34.0 Å². The summed E-state index contributed by atoms with van der Waals surface area (Å²) in [4.78, 5) is 43.2. The Hall–Kier alpha value is -3.43. The van der Waals surface area contributed by atoms with Crippen molar-refractivity contribution in [3.05, 3.63) is 71.8 Å². The van der Waals surface area contributed by atoms with Gasteiger partial charge >= 0.3 is 6.03 Å². The molecule has 0 aliphatic carbocycles. The van der Waals surface area contributed by atoms with Gasteiger partial charge in [0.1, 0.15) is 12.2 Å². The number of fused-ring (bicyclic) bond motifs is 1. The van der Waals surface area contributed by atoms with Crippen LogP contribution in [0.3, 0.4) is 0 Å². The normalized spacial score (nSPS) is 20.9. The molecule has 0 saturated carbocycles. The number of hydrogen-bond donors (Lipinski definition) is 1. The molecule has 2 fully saturated rings. The van der Waals surface area contributed by atoms with Crippen molar-refractivity contribution >= 4 is 17.8 Å². The second-order valence-corrected chi connectivity index (χ2v) is 8.57. The smallest absolute Gasteiger partial charge is 0.334 e. The Morgan fingerprint density at radius 3 is 2.32 bits per heavy atom. The monoisotopic (exact) mass is 465 g/mol. The molecule has 180 valence electrons. The highest BCUT2D eigenvalue weighted by molar-refractivity contribution is 5.91. The zero-order valence-electron chi connectivity index (χ0n) is 19.6. The Labute approximate surface area is 199 Å². The third kappa shape index (κ3) is 5.05. The van der Waals surface area contributed by atoms with Gasteiger partial charge in [0.05, 0.1) is 19.7 Å². The van der Waals surface area contributed by atoms with Crippen LogP contribution < -0.4 is 5.32 Å². The molecular weight excluding hydrogens is 434 g/mol. The average molecular weight is 466 g/mol. The van der Waals surface area contributed by atoms with Crippen molar-refractivity contribution in [2.75, 3.05) is 40.4 Å². The number of hydrazine groups is 1. The van der Waals surface area contributed by atoms with E-state index < -0.39 is 12.2 Å². The van der Waals surface area contributed by atoms with Crippen LogP contribution in [-0.2, 0) is 27.3 Å². The molecule has 9 nitrogen and oxygen atoms in total. The molecule has 0 bridgehead atoms. The summed E-state index contributed by atoms with van der Waals surface area (Å²) in [5.74, 6) is -0.292. The number of carbonyl (C=O) groups excluding carboxylic acids is 3. The molecule has 4 rings (SSSR count). The van der Waals surface area contributed by atoms with Crippen LogP contribution >= 0.6 is 0 Å². The summed E-state index contributed by atoms with van der Waals surface area (Å²) in [6.07, 6.45) is -0.223. The third-order valence-corrected chi connectivity index (χ3v) is 6.27. The van der Waals surface area contributed by atoms with Crippen LogP contribution in [0, 0.1) is 0 Å². The van der Waals surface area contributed by atoms with Crippen molar-refractivity contribution in [2.24, 2.45) is 0 Å². The van der Waals surface area contributed by atoms with Crippen molar-refractivity contribution in [1.29, 1.82) is 0 Å². The first-order valence-corrected chi connectivity index (χ1v) is 11.4. The first kappa shape index (κ1) is 23.7. The van der Waals surface area contributed by atoms with Crippen molar-refractivity contribution in [1.82, 2.24) is 25.1 Å². The maximum absolute atomic E-state index is 13.4. The molecule has 2 saturated heterocycles. The van der Waals surface area contributed by atoms with Crippen LogP contribution in [0.2, 0.25) is 0 Å². The lowest BCUT2D eigenvalue weighted by Gasteiger charge is -2.54. The fraction of sp³-hybridized carbons (Fsp3) is 0.400. The highest BCUT2D eigenvalue weighted by atomic mass is 16.5. The van der Waals surface area contributed by atoms with Gasteiger partial charge < -0.3 is 19.9 Å². The van der Waals surface area contributed by atoms with Gasteiger partial charge in [0.25, 0.3) is 0 Å². The lowest BCUT2D eigenvalue weighted by molar-refractivity contribution is -0.187. The molecule has 34 heavy (non-hydrogen) atoms. The van der Waals surface area contributed by atoms with Crippen LogP contribution in [0.1, 0.15) is 11.1 Å². The van der Waals surface area contributed by atoms with Gasteiger partial charge in [-0.25, -0.2) is 14.8 Å². The minimum Gasteiger partial charge on any atom is -0.383 e. The van der Waals surface area contributed by atoms with Gasteiger partial charge in [-0.1, -0.05) is 60.7 Å². The van der Waals surface area contributed by atoms with E-state index in [0.717, 1.165) is 11.1 Å². The second kappa shape index (κ2) is 10.7. The fourth-order valence-corrected chi connectivity index (χ4v) is 4.60. The van der Waals surface area contributed by atoms with E-state index in [4.69, 9.17) is 4.74 Å². The van der Waals surface area contributed by atoms with Gasteiger partial charge in [0.15, 0.2) is 0 Å². The maximum atomic E-state index is 13.4. The molecule has 0 radical (unpaired) electrons. The molecule has 2 aliphatic rings. The summed E-state index contributed by atoms with van der Waals surface area (Å²) < 4.78 is 5.21. The number of nitrogens with one attached hydrogen (secondary N) is 1. The molecule has 9 heteroatoms. The topological polar surface area (TPSA) is 85.4 Å². The number of benzene rings is 2. The van der Waals surface area contributed by atoms with Gasteiger partial charge in [-0.3, -0.25) is 9.59 Å². The Kier molecular flexibility index (Phi) is 7.44. The lowest BCUT2D eigenvalue weighted by Crippen LogP contribution is -2.76. The summed E-state index contributed by atoms with van der Waals surface area (Å²) in [5, 5.41) is 6.16. The van der Waals surface area contributed by atoms with E-state index in [0.29, 0.717) is 26.1 Å². The minimum atomic E-state index is -0.691. The lowest BCUT2D eigenvalue weighted by atomic mass is 9.99. The van der Waals surface area contributed by atoms with E-state index in [9.17, 15) is 14.4 Å². The molecule has 0 aromatic heterocycles. The maximum Gasteiger partial charge on any atom is 0.334 e. The second-order valence-electron chi connectivity index (χ2n) is 8.57. The van der Waals surface area contributed by atoms with E-state index in [2.05, 4.69) is 5.32 Å². The third-order valence-electron chi connectivity index (χ3n) is 6.27. The number of methoxy groups -OCH3 is 1. The van der Waals surface area contributed by atoms with Crippen LogP contribution in [0.15, 0.2) is 60.7 Å². The molecule has 2 atom stereocenters. The van der Waals surface area contributed by atoms with Crippen molar-refractivity contribution in [3.8, 4) is 0 Å². The molecule has 2 heterocycles. The number of piperazine rings is 1. The summed E-state index contributed by atoms with van der Waals surface area (Å²) in [6.45, 7) is 1.38. The number of nitrogens with zero attached hydrogens (tertiary/aromatic N) is 4. The fourth-order valence-electron chi connectivity index (χ4n) is 4.60. The number of likely N-dealkylation sites (N-methyl/N-ethyl adjacent to an activating group) is 1. The Balaban J connectivity index is 1.60. The van der Waals surface area contributed by atoms with Crippen molar-refractivity contribution in [2.45, 2.75) is 25.2 Å². The van der Waals surface area contributed by atoms with Crippen LogP contribution in [0.5, 0.6) is 0 Å². The Bertz CT molecular complexity index is 1000. The van der Waals surface area contributed by atoms with Crippen molar-refractivity contribution in [3.63, 3.8) is 0 Å². The molecule has 2 aliphatic heterocycles. The first-order chi connectivity index (χ1) is 16.5. The predicted molar refractivity (Wildman–Crippen MR) is 126 cm³/mol. The molecule has 2 aromatic rings. The number of rotatable bonds is 7. The minimum absolute atomic E-state index is 0.0197. The zero-order chi connectivity index (χ0) is 24.1. The molecule has 0 unspecified atom stereocenters. The summed E-state index contributed by atoms with van der Waals surface area (Å²) >= 11 is 0. The SMILES string of the molecule is COCCN1C[C@H]2N(C(=O)CN(C)N2C(=O)NCc2ccccc2)[C@@H](Cc2ccccc2)C1=O. The Morgan fingerprint density at radius 2 is 1.68 bits per heavy atom. The number of ether oxygens (including phenoxy) is 1. The standard InChI is InChI=1S/C25H31N5O4/c1-27-18-23(31)29-21(15-19-9-5-3-6-10-19)24(32)28(13-14-34-2)17-22(29)30(27)25(33)26-16-20-11-7-4-8-12-20/h3-12,21-22H,13-18H2,1-2H3,(H,26,33)/t21-,22-/m0/s1. The van der Waals surface area contributed by atoms with E-state index in [1.165, 1.54) is 0 Å². The van der Waals surface area contributed by atoms with E-state index in [-0.39, 0.29) is 30.9 Å². The van der Waals surface area contributed by atoms with Crippen LogP contribution in [-0.4, -0.2) is 90.3 Å². The van der Waals surface area contributed by atoms with Gasteiger partial charge in [0.2, 0.25) is 11.8 Å². The van der Waals surface area contributed by atoms with Gasteiger partial charge in [-0.15, -0.1) is 0 Å². The van der Waals surface area contributed by atoms with Crippen molar-refractivity contribution < 1.29 is 19.1 Å². The van der Waals surface area contributed by atoms with E-state index >= 15 is 0 Å². The highest BCUT2D eigenvalue weighted by Crippen LogP contribution is 2.27. The first-order valence-electron chi connectivity index (χ1n) is 11.4. The zero-order valence-corrected chi connectivity index (χ0v) is 19.6. The summed E-state index contributed by atoms with van der Waals surface area (Å²) in [7, 11) is 3.31. The Morgan fingerprint density at radius 1 is 1.03 bits per heavy atom. The summed E-state index contributed by atoms with van der Waals surface area (Å²) in [6, 6.07) is 18.3. The number of carbonyl (C=O) groups is 3. The van der Waals surface area contributed by atoms with Crippen LogP contribution in [0.25, 0.3) is 0 Å². The van der Waals surface area contributed by atoms with Gasteiger partial charge in [0, 0.05) is 33.7 Å².